The van der Waals surface area contributed by atoms with Crippen molar-refractivity contribution in [1.82, 2.24) is 15.5 Å². The second-order valence-corrected chi connectivity index (χ2v) is 9.48. The van der Waals surface area contributed by atoms with E-state index in [1.54, 1.807) is 0 Å². The van der Waals surface area contributed by atoms with Gasteiger partial charge >= 0.3 is 0 Å². The smallest absolute Gasteiger partial charge is 0.191 e. The molecule has 2 fully saturated rings. The summed E-state index contributed by atoms with van der Waals surface area (Å²) in [5, 5.41) is 7.36. The van der Waals surface area contributed by atoms with Crippen molar-refractivity contribution in [1.29, 1.82) is 0 Å². The first-order chi connectivity index (χ1) is 14.1. The fraction of sp³-hybridized carbons (Fsp3) is 0.708. The van der Waals surface area contributed by atoms with Gasteiger partial charge in [0.25, 0.3) is 0 Å². The van der Waals surface area contributed by atoms with Gasteiger partial charge in [-0.15, -0.1) is 0 Å². The molecule has 2 N–H and O–H groups in total. The number of guanidine groups is 1. The van der Waals surface area contributed by atoms with Crippen LogP contribution >= 0.6 is 0 Å². The summed E-state index contributed by atoms with van der Waals surface area (Å²) in [7, 11) is 1.88. The Morgan fingerprint density at radius 2 is 2.03 bits per heavy atom. The lowest BCUT2D eigenvalue weighted by Gasteiger charge is -2.41. The molecule has 2 aliphatic heterocycles. The third-order valence-electron chi connectivity index (χ3n) is 7.09. The lowest BCUT2D eigenvalue weighted by molar-refractivity contribution is 0.0395. The molecule has 2 unspecified atom stereocenters. The van der Waals surface area contributed by atoms with Crippen molar-refractivity contribution in [3.63, 3.8) is 0 Å². The van der Waals surface area contributed by atoms with Crippen LogP contribution in [0.25, 0.3) is 0 Å². The summed E-state index contributed by atoms with van der Waals surface area (Å²) in [6, 6.07) is 9.41. The molecule has 2 heterocycles. The molecule has 2 atom stereocenters. The molecule has 1 aromatic rings. The highest BCUT2D eigenvalue weighted by Crippen LogP contribution is 2.46. The minimum atomic E-state index is 0.00596. The zero-order valence-corrected chi connectivity index (χ0v) is 18.4. The molecule has 0 amide bonds. The van der Waals surface area contributed by atoms with Crippen molar-refractivity contribution in [3.8, 4) is 5.75 Å². The number of nitrogens with zero attached hydrogens (tertiary/aromatic N) is 2. The zero-order chi connectivity index (χ0) is 20.3. The van der Waals surface area contributed by atoms with Gasteiger partial charge in [-0.2, -0.15) is 0 Å². The van der Waals surface area contributed by atoms with Gasteiger partial charge in [0, 0.05) is 38.2 Å². The van der Waals surface area contributed by atoms with Crippen LogP contribution in [0.15, 0.2) is 29.3 Å². The van der Waals surface area contributed by atoms with Crippen molar-refractivity contribution < 1.29 is 4.74 Å². The van der Waals surface area contributed by atoms with Gasteiger partial charge in [0.05, 0.1) is 6.04 Å². The van der Waals surface area contributed by atoms with Crippen molar-refractivity contribution in [2.24, 2.45) is 10.9 Å². The molecule has 29 heavy (non-hydrogen) atoms. The van der Waals surface area contributed by atoms with E-state index in [4.69, 9.17) is 4.74 Å². The first-order valence-corrected chi connectivity index (χ1v) is 11.6. The largest absolute Gasteiger partial charge is 0.487 e. The number of hydrogen-bond donors (Lipinski definition) is 2. The van der Waals surface area contributed by atoms with Crippen molar-refractivity contribution in [2.45, 2.75) is 76.5 Å². The topological polar surface area (TPSA) is 48.9 Å². The molecule has 160 valence electrons. The molecule has 5 nitrogen and oxygen atoms in total. The predicted octanol–water partition coefficient (Wildman–Crippen LogP) is 4.11. The molecular formula is C24H38N4O. The van der Waals surface area contributed by atoms with Crippen LogP contribution in [-0.2, 0) is 0 Å². The van der Waals surface area contributed by atoms with Gasteiger partial charge in [-0.25, -0.2) is 0 Å². The fourth-order valence-corrected chi connectivity index (χ4v) is 5.41. The Hall–Kier alpha value is -1.75. The Morgan fingerprint density at radius 1 is 1.24 bits per heavy atom. The fourth-order valence-electron chi connectivity index (χ4n) is 5.41. The number of aliphatic imine (C=N–C) groups is 1. The minimum absolute atomic E-state index is 0.00596. The van der Waals surface area contributed by atoms with Gasteiger partial charge in [-0.3, -0.25) is 4.99 Å². The van der Waals surface area contributed by atoms with E-state index in [1.807, 2.05) is 7.05 Å². The molecule has 4 rings (SSSR count). The third kappa shape index (κ3) is 4.71. The van der Waals surface area contributed by atoms with E-state index in [2.05, 4.69) is 58.6 Å². The van der Waals surface area contributed by atoms with Crippen LogP contribution in [0.2, 0.25) is 0 Å². The first kappa shape index (κ1) is 20.5. The molecule has 0 radical (unpaired) electrons. The highest BCUT2D eigenvalue weighted by molar-refractivity contribution is 5.80. The van der Waals surface area contributed by atoms with Crippen LogP contribution in [0, 0.1) is 5.92 Å². The number of para-hydroxylation sites is 1. The monoisotopic (exact) mass is 398 g/mol. The Labute approximate surface area is 176 Å². The highest BCUT2D eigenvalue weighted by atomic mass is 16.5. The second-order valence-electron chi connectivity index (χ2n) is 9.48. The summed E-state index contributed by atoms with van der Waals surface area (Å²) in [6.07, 6.45) is 8.50. The van der Waals surface area contributed by atoms with Crippen LogP contribution < -0.4 is 15.4 Å². The predicted molar refractivity (Wildman–Crippen MR) is 120 cm³/mol. The molecule has 1 saturated heterocycles. The van der Waals surface area contributed by atoms with E-state index in [0.717, 1.165) is 24.7 Å². The first-order valence-electron chi connectivity index (χ1n) is 11.6. The number of piperidine rings is 1. The molecule has 1 aromatic carbocycles. The van der Waals surface area contributed by atoms with Gasteiger partial charge in [0.2, 0.25) is 0 Å². The number of benzene rings is 1. The van der Waals surface area contributed by atoms with E-state index in [9.17, 15) is 0 Å². The van der Waals surface area contributed by atoms with E-state index in [-0.39, 0.29) is 11.6 Å². The number of likely N-dealkylation sites (tertiary alicyclic amines) is 1. The Kier molecular flexibility index (Phi) is 6.33. The summed E-state index contributed by atoms with van der Waals surface area (Å²) in [4.78, 5) is 7.15. The quantitative estimate of drug-likeness (QED) is 0.592. The average Bonchev–Trinajstić information content (AvgIpc) is 3.18. The molecule has 0 aromatic heterocycles. The van der Waals surface area contributed by atoms with Gasteiger partial charge in [-0.05, 0) is 70.9 Å². The van der Waals surface area contributed by atoms with Gasteiger partial charge in [0.1, 0.15) is 11.4 Å². The Balaban J connectivity index is 1.40. The summed E-state index contributed by atoms with van der Waals surface area (Å²) in [5.41, 5.74) is 1.27. The van der Waals surface area contributed by atoms with Crippen molar-refractivity contribution >= 4 is 5.96 Å². The highest BCUT2D eigenvalue weighted by Gasteiger charge is 2.43. The molecule has 1 aliphatic carbocycles. The van der Waals surface area contributed by atoms with Gasteiger partial charge < -0.3 is 20.3 Å². The van der Waals surface area contributed by atoms with E-state index >= 15 is 0 Å². The van der Waals surface area contributed by atoms with Crippen LogP contribution in [0.1, 0.15) is 70.4 Å². The molecule has 5 heteroatoms. The molecular weight excluding hydrogens is 360 g/mol. The summed E-state index contributed by atoms with van der Waals surface area (Å²) in [5.74, 6) is 2.66. The normalized spacial score (nSPS) is 27.0. The van der Waals surface area contributed by atoms with Crippen LogP contribution in [0.3, 0.4) is 0 Å². The number of hydrogen-bond acceptors (Lipinski definition) is 3. The number of rotatable bonds is 4. The molecule has 1 spiro atoms. The van der Waals surface area contributed by atoms with Gasteiger partial charge in [-0.1, -0.05) is 18.2 Å². The maximum atomic E-state index is 6.51. The van der Waals surface area contributed by atoms with Crippen LogP contribution in [0.4, 0.5) is 0 Å². The van der Waals surface area contributed by atoms with E-state index in [0.29, 0.717) is 12.0 Å². The number of nitrogens with one attached hydrogen (secondary N) is 2. The van der Waals surface area contributed by atoms with Crippen LogP contribution in [0.5, 0.6) is 5.75 Å². The van der Waals surface area contributed by atoms with Crippen LogP contribution in [-0.4, -0.2) is 49.2 Å². The van der Waals surface area contributed by atoms with E-state index in [1.165, 1.54) is 57.2 Å². The molecule has 3 aliphatic rings. The standard InChI is InChI=1S/C24H38N4O/c1-18(2)28-14-8-9-19(17-28)16-26-23(25-3)27-21-15-24(12-6-7-13-24)29-22-11-5-4-10-20(21)22/h4-5,10-11,18-19,21H,6-9,12-17H2,1-3H3,(H2,25,26,27). The Morgan fingerprint density at radius 3 is 2.79 bits per heavy atom. The second kappa shape index (κ2) is 8.95. The Bertz CT molecular complexity index is 711. The third-order valence-corrected chi connectivity index (χ3v) is 7.09. The maximum absolute atomic E-state index is 6.51. The molecule has 1 saturated carbocycles. The summed E-state index contributed by atoms with van der Waals surface area (Å²) in [6.45, 7) is 8.02. The molecule has 0 bridgehead atoms. The summed E-state index contributed by atoms with van der Waals surface area (Å²) < 4.78 is 6.51. The van der Waals surface area contributed by atoms with Crippen molar-refractivity contribution in [3.05, 3.63) is 29.8 Å². The number of ether oxygens (including phenoxy) is 1. The maximum Gasteiger partial charge on any atom is 0.191 e. The zero-order valence-electron chi connectivity index (χ0n) is 18.4. The van der Waals surface area contributed by atoms with E-state index < -0.39 is 0 Å². The lowest BCUT2D eigenvalue weighted by atomic mass is 9.86. The van der Waals surface area contributed by atoms with Crippen molar-refractivity contribution in [2.75, 3.05) is 26.7 Å². The SMILES string of the molecule is CN=C(NCC1CCCN(C(C)C)C1)NC1CC2(CCCC2)Oc2ccccc21. The minimum Gasteiger partial charge on any atom is -0.487 e. The number of fused-ring (bicyclic) bond motifs is 1. The lowest BCUT2D eigenvalue weighted by Crippen LogP contribution is -2.49. The average molecular weight is 399 g/mol. The summed E-state index contributed by atoms with van der Waals surface area (Å²) >= 11 is 0. The van der Waals surface area contributed by atoms with Gasteiger partial charge in [0.15, 0.2) is 5.96 Å².